The Hall–Kier alpha value is -2.54. The van der Waals surface area contributed by atoms with E-state index in [1.807, 2.05) is 23.7 Å². The van der Waals surface area contributed by atoms with Gasteiger partial charge in [-0.15, -0.1) is 11.3 Å². The van der Waals surface area contributed by atoms with Gasteiger partial charge in [0.15, 0.2) is 0 Å². The van der Waals surface area contributed by atoms with E-state index in [4.69, 9.17) is 4.98 Å². The van der Waals surface area contributed by atoms with Crippen molar-refractivity contribution in [2.24, 2.45) is 5.92 Å². The van der Waals surface area contributed by atoms with Crippen LogP contribution < -0.4 is 5.32 Å². The first-order valence-corrected chi connectivity index (χ1v) is 10.6. The standard InChI is InChI=1S/C21H25N5OS/c1-14-12-15(2)26(25-14)11-3-8-23-20(27)17-4-5-19-18(13-17)24-21(28-19)16-6-9-22-10-7-16/h6-7,9-10,12,17H,3-5,8,11,13H2,1-2H3,(H,23,27). The van der Waals surface area contributed by atoms with Crippen LogP contribution in [0.15, 0.2) is 30.6 Å². The van der Waals surface area contributed by atoms with Crippen molar-refractivity contribution in [2.75, 3.05) is 6.54 Å². The lowest BCUT2D eigenvalue weighted by Gasteiger charge is -2.20. The number of fused-ring (bicyclic) bond motifs is 1. The number of hydrogen-bond acceptors (Lipinski definition) is 5. The average Bonchev–Trinajstić information content (AvgIpc) is 3.27. The highest BCUT2D eigenvalue weighted by Crippen LogP contribution is 2.34. The molecule has 0 aromatic carbocycles. The van der Waals surface area contributed by atoms with Crippen LogP contribution in [0.1, 0.15) is 34.8 Å². The highest BCUT2D eigenvalue weighted by Gasteiger charge is 2.27. The van der Waals surface area contributed by atoms with Crippen molar-refractivity contribution >= 4 is 17.2 Å². The maximum Gasteiger partial charge on any atom is 0.223 e. The van der Waals surface area contributed by atoms with Crippen LogP contribution in [0.2, 0.25) is 0 Å². The van der Waals surface area contributed by atoms with Crippen molar-refractivity contribution in [1.29, 1.82) is 0 Å². The zero-order chi connectivity index (χ0) is 19.5. The summed E-state index contributed by atoms with van der Waals surface area (Å²) in [6.07, 6.45) is 7.03. The summed E-state index contributed by atoms with van der Waals surface area (Å²) in [6.45, 7) is 5.57. The fraction of sp³-hybridized carbons (Fsp3) is 0.429. The van der Waals surface area contributed by atoms with Crippen molar-refractivity contribution in [3.05, 3.63) is 52.6 Å². The predicted octanol–water partition coefficient (Wildman–Crippen LogP) is 3.33. The maximum atomic E-state index is 12.6. The van der Waals surface area contributed by atoms with Crippen molar-refractivity contribution in [3.8, 4) is 10.6 Å². The fourth-order valence-electron chi connectivity index (χ4n) is 3.71. The number of aryl methyl sites for hydroxylation is 4. The van der Waals surface area contributed by atoms with E-state index in [1.165, 1.54) is 4.88 Å². The molecule has 1 aliphatic rings. The SMILES string of the molecule is Cc1cc(C)n(CCCNC(=O)C2CCc3sc(-c4ccncc4)nc3C2)n1. The highest BCUT2D eigenvalue weighted by atomic mass is 32.1. The molecular weight excluding hydrogens is 370 g/mol. The molecule has 1 amide bonds. The molecule has 0 aliphatic heterocycles. The van der Waals surface area contributed by atoms with Gasteiger partial charge in [-0.3, -0.25) is 14.5 Å². The first kappa shape index (κ1) is 18.8. The summed E-state index contributed by atoms with van der Waals surface area (Å²) in [5.41, 5.74) is 4.39. The van der Waals surface area contributed by atoms with Crippen LogP contribution in [-0.2, 0) is 24.2 Å². The van der Waals surface area contributed by atoms with Gasteiger partial charge in [-0.05, 0) is 51.3 Å². The van der Waals surface area contributed by atoms with Crippen LogP contribution in [0.25, 0.3) is 10.6 Å². The Bertz CT molecular complexity index is 963. The Morgan fingerprint density at radius 2 is 2.14 bits per heavy atom. The third-order valence-electron chi connectivity index (χ3n) is 5.19. The number of aromatic nitrogens is 4. The van der Waals surface area contributed by atoms with Gasteiger partial charge in [-0.25, -0.2) is 4.98 Å². The largest absolute Gasteiger partial charge is 0.356 e. The summed E-state index contributed by atoms with van der Waals surface area (Å²) >= 11 is 1.74. The molecule has 3 aromatic rings. The van der Waals surface area contributed by atoms with E-state index in [9.17, 15) is 4.79 Å². The minimum absolute atomic E-state index is 0.0218. The Kier molecular flexibility index (Phi) is 5.52. The summed E-state index contributed by atoms with van der Waals surface area (Å²) in [6, 6.07) is 6.04. The Morgan fingerprint density at radius 3 is 2.89 bits per heavy atom. The van der Waals surface area contributed by atoms with Crippen LogP contribution in [0.4, 0.5) is 0 Å². The lowest BCUT2D eigenvalue weighted by molar-refractivity contribution is -0.125. The topological polar surface area (TPSA) is 72.7 Å². The number of nitrogens with zero attached hydrogens (tertiary/aromatic N) is 4. The van der Waals surface area contributed by atoms with Gasteiger partial charge in [0.05, 0.1) is 11.4 Å². The van der Waals surface area contributed by atoms with Crippen LogP contribution in [0.3, 0.4) is 0 Å². The van der Waals surface area contributed by atoms with Gasteiger partial charge >= 0.3 is 0 Å². The molecule has 1 N–H and O–H groups in total. The number of carbonyl (C=O) groups excluding carboxylic acids is 1. The third-order valence-corrected chi connectivity index (χ3v) is 6.39. The van der Waals surface area contributed by atoms with Gasteiger partial charge in [0, 0.05) is 54.0 Å². The second-order valence-corrected chi connectivity index (χ2v) is 8.44. The number of pyridine rings is 1. The molecular formula is C21H25N5OS. The van der Waals surface area contributed by atoms with Gasteiger partial charge in [0.2, 0.25) is 5.91 Å². The van der Waals surface area contributed by atoms with Gasteiger partial charge < -0.3 is 5.32 Å². The monoisotopic (exact) mass is 395 g/mol. The Labute approximate surface area is 169 Å². The van der Waals surface area contributed by atoms with Crippen LogP contribution >= 0.6 is 11.3 Å². The highest BCUT2D eigenvalue weighted by molar-refractivity contribution is 7.15. The van der Waals surface area contributed by atoms with Crippen LogP contribution in [0, 0.1) is 19.8 Å². The van der Waals surface area contributed by atoms with E-state index in [2.05, 4.69) is 28.4 Å². The number of amides is 1. The van der Waals surface area contributed by atoms with E-state index >= 15 is 0 Å². The number of carbonyl (C=O) groups is 1. The van der Waals surface area contributed by atoms with Crippen molar-refractivity contribution in [1.82, 2.24) is 25.1 Å². The van der Waals surface area contributed by atoms with Gasteiger partial charge in [-0.2, -0.15) is 5.10 Å². The summed E-state index contributed by atoms with van der Waals surface area (Å²) < 4.78 is 2.00. The third kappa shape index (κ3) is 4.14. The molecule has 3 heterocycles. The van der Waals surface area contributed by atoms with Gasteiger partial charge in [-0.1, -0.05) is 0 Å². The molecule has 6 nitrogen and oxygen atoms in total. The quantitative estimate of drug-likeness (QED) is 0.650. The summed E-state index contributed by atoms with van der Waals surface area (Å²) in [5, 5.41) is 8.59. The number of thiazole rings is 1. The minimum Gasteiger partial charge on any atom is -0.356 e. The second kappa shape index (κ2) is 8.22. The molecule has 28 heavy (non-hydrogen) atoms. The summed E-state index contributed by atoms with van der Waals surface area (Å²) in [4.78, 5) is 22.8. The van der Waals surface area contributed by atoms with E-state index in [0.29, 0.717) is 6.54 Å². The Balaban J connectivity index is 1.29. The fourth-order valence-corrected chi connectivity index (χ4v) is 4.82. The molecule has 0 spiro atoms. The zero-order valence-corrected chi connectivity index (χ0v) is 17.1. The van der Waals surface area contributed by atoms with E-state index in [-0.39, 0.29) is 11.8 Å². The molecule has 7 heteroatoms. The average molecular weight is 396 g/mol. The Morgan fingerprint density at radius 1 is 1.32 bits per heavy atom. The second-order valence-electron chi connectivity index (χ2n) is 7.36. The minimum atomic E-state index is 0.0218. The molecule has 0 radical (unpaired) electrons. The number of rotatable bonds is 6. The smallest absolute Gasteiger partial charge is 0.223 e. The summed E-state index contributed by atoms with van der Waals surface area (Å²) in [5.74, 6) is 0.172. The van der Waals surface area contributed by atoms with E-state index in [0.717, 1.165) is 59.9 Å². The molecule has 0 saturated heterocycles. The summed E-state index contributed by atoms with van der Waals surface area (Å²) in [7, 11) is 0. The van der Waals surface area contributed by atoms with Gasteiger partial charge in [0.25, 0.3) is 0 Å². The van der Waals surface area contributed by atoms with Crippen molar-refractivity contribution < 1.29 is 4.79 Å². The van der Waals surface area contributed by atoms with Crippen molar-refractivity contribution in [3.63, 3.8) is 0 Å². The number of hydrogen-bond donors (Lipinski definition) is 1. The first-order chi connectivity index (χ1) is 13.6. The molecule has 4 rings (SSSR count). The molecule has 0 fully saturated rings. The van der Waals surface area contributed by atoms with E-state index in [1.54, 1.807) is 23.7 Å². The maximum absolute atomic E-state index is 12.6. The molecule has 146 valence electrons. The normalized spacial score (nSPS) is 16.0. The molecule has 1 unspecified atom stereocenters. The molecule has 1 aliphatic carbocycles. The van der Waals surface area contributed by atoms with Crippen molar-refractivity contribution in [2.45, 2.75) is 46.1 Å². The lowest BCUT2D eigenvalue weighted by Crippen LogP contribution is -2.34. The molecule has 0 bridgehead atoms. The molecule has 0 saturated carbocycles. The lowest BCUT2D eigenvalue weighted by atomic mass is 9.90. The molecule has 1 atom stereocenters. The zero-order valence-electron chi connectivity index (χ0n) is 16.3. The molecule has 3 aromatic heterocycles. The number of nitrogens with one attached hydrogen (secondary N) is 1. The predicted molar refractivity (Wildman–Crippen MR) is 110 cm³/mol. The van der Waals surface area contributed by atoms with Crippen LogP contribution in [0.5, 0.6) is 0 Å². The van der Waals surface area contributed by atoms with E-state index < -0.39 is 0 Å². The van der Waals surface area contributed by atoms with Gasteiger partial charge in [0.1, 0.15) is 5.01 Å². The van der Waals surface area contributed by atoms with Crippen LogP contribution in [-0.4, -0.2) is 32.2 Å². The first-order valence-electron chi connectivity index (χ1n) is 9.78.